The summed E-state index contributed by atoms with van der Waals surface area (Å²) in [7, 11) is 0. The summed E-state index contributed by atoms with van der Waals surface area (Å²) in [4.78, 5) is 1.25. The van der Waals surface area contributed by atoms with Gasteiger partial charge < -0.3 is 5.11 Å². The summed E-state index contributed by atoms with van der Waals surface area (Å²) in [6.45, 7) is 2.30. The highest BCUT2D eigenvalue weighted by Gasteiger charge is 2.27. The van der Waals surface area contributed by atoms with Gasteiger partial charge in [-0.2, -0.15) is 0 Å². The van der Waals surface area contributed by atoms with E-state index in [9.17, 15) is 5.11 Å². The average molecular weight is 232 g/mol. The van der Waals surface area contributed by atoms with Crippen molar-refractivity contribution in [2.24, 2.45) is 0 Å². The fourth-order valence-electron chi connectivity index (χ4n) is 1.89. The molecule has 1 nitrogen and oxygen atoms in total. The van der Waals surface area contributed by atoms with E-state index in [4.69, 9.17) is 0 Å². The molecule has 2 heteroatoms. The van der Waals surface area contributed by atoms with Crippen LogP contribution in [0.1, 0.15) is 17.4 Å². The van der Waals surface area contributed by atoms with Gasteiger partial charge in [0.1, 0.15) is 0 Å². The van der Waals surface area contributed by atoms with Crippen LogP contribution in [-0.4, -0.2) is 11.7 Å². The quantitative estimate of drug-likeness (QED) is 0.858. The molecule has 0 bridgehead atoms. The average Bonchev–Trinajstić information content (AvgIpc) is 2.84. The van der Waals surface area contributed by atoms with Gasteiger partial charge in [0.15, 0.2) is 0 Å². The molecule has 2 aromatic rings. The molecule has 0 radical (unpaired) electrons. The highest BCUT2D eigenvalue weighted by molar-refractivity contribution is 7.10. The zero-order chi connectivity index (χ0) is 11.4. The highest BCUT2D eigenvalue weighted by Crippen LogP contribution is 2.31. The number of rotatable bonds is 4. The fourth-order valence-corrected chi connectivity index (χ4v) is 2.77. The van der Waals surface area contributed by atoms with Gasteiger partial charge in [0.2, 0.25) is 0 Å². The Balaban J connectivity index is 2.23. The van der Waals surface area contributed by atoms with Crippen LogP contribution in [0, 0.1) is 0 Å². The molecule has 1 atom stereocenters. The molecule has 0 aliphatic heterocycles. The van der Waals surface area contributed by atoms with E-state index in [2.05, 4.69) is 30.5 Å². The molecule has 1 aromatic carbocycles. The van der Waals surface area contributed by atoms with E-state index in [0.717, 1.165) is 6.42 Å². The van der Waals surface area contributed by atoms with Crippen LogP contribution in [0.4, 0.5) is 0 Å². The number of thiophene rings is 1. The van der Waals surface area contributed by atoms with E-state index >= 15 is 0 Å². The SMILES string of the molecule is CC(CO)(Cc1ccccc1)c1cccs1. The highest BCUT2D eigenvalue weighted by atomic mass is 32.1. The molecule has 16 heavy (non-hydrogen) atoms. The lowest BCUT2D eigenvalue weighted by Crippen LogP contribution is -2.28. The smallest absolute Gasteiger partial charge is 0.0536 e. The Kier molecular flexibility index (Phi) is 3.42. The maximum Gasteiger partial charge on any atom is 0.0536 e. The van der Waals surface area contributed by atoms with Crippen LogP contribution in [-0.2, 0) is 11.8 Å². The lowest BCUT2D eigenvalue weighted by Gasteiger charge is -2.26. The minimum absolute atomic E-state index is 0.157. The molecule has 0 amide bonds. The number of hydrogen-bond acceptors (Lipinski definition) is 2. The molecule has 0 fully saturated rings. The lowest BCUT2D eigenvalue weighted by atomic mass is 9.83. The third-order valence-electron chi connectivity index (χ3n) is 2.90. The molecule has 1 N–H and O–H groups in total. The normalized spacial score (nSPS) is 14.6. The summed E-state index contributed by atoms with van der Waals surface area (Å²) < 4.78 is 0. The standard InChI is InChI=1S/C14H16OS/c1-14(11-15,13-8-5-9-16-13)10-12-6-3-2-4-7-12/h2-9,15H,10-11H2,1H3. The van der Waals surface area contributed by atoms with Crippen molar-refractivity contribution >= 4 is 11.3 Å². The van der Waals surface area contributed by atoms with Crippen molar-refractivity contribution in [1.82, 2.24) is 0 Å². The van der Waals surface area contributed by atoms with Gasteiger partial charge in [-0.25, -0.2) is 0 Å². The maximum atomic E-state index is 9.63. The molecule has 0 aliphatic rings. The third-order valence-corrected chi connectivity index (χ3v) is 4.08. The van der Waals surface area contributed by atoms with Crippen molar-refractivity contribution in [2.75, 3.05) is 6.61 Å². The molecule has 0 saturated heterocycles. The van der Waals surface area contributed by atoms with Crippen LogP contribution < -0.4 is 0 Å². The molecular formula is C14H16OS. The van der Waals surface area contributed by atoms with Gasteiger partial charge >= 0.3 is 0 Å². The summed E-state index contributed by atoms with van der Waals surface area (Å²) in [5, 5.41) is 11.7. The molecule has 1 heterocycles. The Morgan fingerprint density at radius 2 is 1.88 bits per heavy atom. The number of benzene rings is 1. The minimum atomic E-state index is -0.157. The Labute approximate surface area is 100 Å². The van der Waals surface area contributed by atoms with Crippen LogP contribution in [0.25, 0.3) is 0 Å². The van der Waals surface area contributed by atoms with Gasteiger partial charge in [0, 0.05) is 10.3 Å². The molecule has 1 unspecified atom stereocenters. The van der Waals surface area contributed by atoms with Crippen LogP contribution in [0.15, 0.2) is 47.8 Å². The van der Waals surface area contributed by atoms with Crippen molar-refractivity contribution in [3.8, 4) is 0 Å². The topological polar surface area (TPSA) is 20.2 Å². The maximum absolute atomic E-state index is 9.63. The molecule has 0 spiro atoms. The first kappa shape index (κ1) is 11.4. The summed E-state index contributed by atoms with van der Waals surface area (Å²) in [6, 6.07) is 14.5. The second-order valence-corrected chi connectivity index (χ2v) is 5.31. The molecule has 0 aliphatic carbocycles. The zero-order valence-electron chi connectivity index (χ0n) is 9.39. The van der Waals surface area contributed by atoms with Gasteiger partial charge in [-0.3, -0.25) is 0 Å². The Bertz CT molecular complexity index is 421. The van der Waals surface area contributed by atoms with Crippen LogP contribution in [0.5, 0.6) is 0 Å². The predicted molar refractivity (Wildman–Crippen MR) is 68.9 cm³/mol. The van der Waals surface area contributed by atoms with Crippen molar-refractivity contribution < 1.29 is 5.11 Å². The number of aliphatic hydroxyl groups is 1. The Morgan fingerprint density at radius 3 is 2.44 bits per heavy atom. The summed E-state index contributed by atoms with van der Waals surface area (Å²) in [6.07, 6.45) is 0.880. The second-order valence-electron chi connectivity index (χ2n) is 4.36. The van der Waals surface area contributed by atoms with E-state index < -0.39 is 0 Å². The van der Waals surface area contributed by atoms with Crippen molar-refractivity contribution in [1.29, 1.82) is 0 Å². The molecule has 2 rings (SSSR count). The minimum Gasteiger partial charge on any atom is -0.395 e. The van der Waals surface area contributed by atoms with Crippen molar-refractivity contribution in [3.63, 3.8) is 0 Å². The lowest BCUT2D eigenvalue weighted by molar-refractivity contribution is 0.207. The van der Waals surface area contributed by atoms with Gasteiger partial charge in [-0.05, 0) is 23.4 Å². The summed E-state index contributed by atoms with van der Waals surface area (Å²) in [5.41, 5.74) is 1.11. The van der Waals surface area contributed by atoms with Crippen molar-refractivity contribution in [2.45, 2.75) is 18.8 Å². The Morgan fingerprint density at radius 1 is 1.12 bits per heavy atom. The molecular weight excluding hydrogens is 216 g/mol. The summed E-state index contributed by atoms with van der Waals surface area (Å²) >= 11 is 1.71. The first-order valence-electron chi connectivity index (χ1n) is 5.43. The first-order chi connectivity index (χ1) is 7.74. The van der Waals surface area contributed by atoms with Gasteiger partial charge in [-0.15, -0.1) is 11.3 Å². The van der Waals surface area contributed by atoms with E-state index in [1.54, 1.807) is 11.3 Å². The molecule has 0 saturated carbocycles. The fraction of sp³-hybridized carbons (Fsp3) is 0.286. The van der Waals surface area contributed by atoms with Gasteiger partial charge in [0.05, 0.1) is 6.61 Å². The molecule has 84 valence electrons. The molecule has 1 aromatic heterocycles. The predicted octanol–water partition coefficient (Wildman–Crippen LogP) is 3.24. The van der Waals surface area contributed by atoms with Gasteiger partial charge in [-0.1, -0.05) is 43.3 Å². The summed E-state index contributed by atoms with van der Waals surface area (Å²) in [5.74, 6) is 0. The van der Waals surface area contributed by atoms with Crippen LogP contribution in [0.3, 0.4) is 0 Å². The van der Waals surface area contributed by atoms with E-state index in [-0.39, 0.29) is 12.0 Å². The monoisotopic (exact) mass is 232 g/mol. The Hall–Kier alpha value is -1.12. The van der Waals surface area contributed by atoms with Crippen molar-refractivity contribution in [3.05, 3.63) is 58.3 Å². The number of hydrogen-bond donors (Lipinski definition) is 1. The second kappa shape index (κ2) is 4.81. The van der Waals surface area contributed by atoms with E-state index in [0.29, 0.717) is 0 Å². The van der Waals surface area contributed by atoms with Crippen LogP contribution in [0.2, 0.25) is 0 Å². The third kappa shape index (κ3) is 2.34. The largest absolute Gasteiger partial charge is 0.395 e. The van der Waals surface area contributed by atoms with E-state index in [1.165, 1.54) is 10.4 Å². The first-order valence-corrected chi connectivity index (χ1v) is 6.31. The van der Waals surface area contributed by atoms with E-state index in [1.807, 2.05) is 24.3 Å². The van der Waals surface area contributed by atoms with Crippen LogP contribution >= 0.6 is 11.3 Å². The van der Waals surface area contributed by atoms with Gasteiger partial charge in [0.25, 0.3) is 0 Å². The number of aliphatic hydroxyl groups excluding tert-OH is 1. The zero-order valence-corrected chi connectivity index (χ0v) is 10.2.